The normalized spacial score (nSPS) is 29.8. The van der Waals surface area contributed by atoms with Gasteiger partial charge in [-0.2, -0.15) is 0 Å². The average molecular weight is 225 g/mol. The summed E-state index contributed by atoms with van der Waals surface area (Å²) in [6, 6.07) is 0.700. The predicted octanol–water partition coefficient (Wildman–Crippen LogP) is 1.20. The molecule has 1 saturated heterocycles. The van der Waals surface area contributed by atoms with Crippen molar-refractivity contribution >= 4 is 0 Å². The van der Waals surface area contributed by atoms with Gasteiger partial charge in [0, 0.05) is 24.7 Å². The highest BCUT2D eigenvalue weighted by Gasteiger charge is 2.36. The number of likely N-dealkylation sites (N-methyl/N-ethyl adjacent to an activating group) is 1. The summed E-state index contributed by atoms with van der Waals surface area (Å²) in [7, 11) is 4.48. The van der Waals surface area contributed by atoms with Gasteiger partial charge in [-0.1, -0.05) is 12.8 Å². The molecule has 1 heterocycles. The summed E-state index contributed by atoms with van der Waals surface area (Å²) in [6.07, 6.45) is 8.22. The summed E-state index contributed by atoms with van der Waals surface area (Å²) in [5, 5.41) is 7.26. The maximum absolute atomic E-state index is 3.78. The lowest BCUT2D eigenvalue weighted by Gasteiger charge is -2.38. The molecule has 0 radical (unpaired) electrons. The van der Waals surface area contributed by atoms with E-state index in [0.29, 0.717) is 11.6 Å². The molecule has 0 aromatic carbocycles. The first-order valence-electron chi connectivity index (χ1n) is 6.84. The fourth-order valence-corrected chi connectivity index (χ4v) is 3.18. The van der Waals surface area contributed by atoms with Gasteiger partial charge < -0.3 is 15.5 Å². The largest absolute Gasteiger partial charge is 0.315 e. The van der Waals surface area contributed by atoms with Crippen LogP contribution in [0.4, 0.5) is 0 Å². The summed E-state index contributed by atoms with van der Waals surface area (Å²) >= 11 is 0. The first-order chi connectivity index (χ1) is 7.73. The van der Waals surface area contributed by atoms with Crippen molar-refractivity contribution in [2.45, 2.75) is 50.1 Å². The lowest BCUT2D eigenvalue weighted by molar-refractivity contribution is 0.146. The number of piperidine rings is 1. The molecule has 0 spiro atoms. The van der Waals surface area contributed by atoms with Crippen LogP contribution in [0.5, 0.6) is 0 Å². The Morgan fingerprint density at radius 1 is 1.25 bits per heavy atom. The van der Waals surface area contributed by atoms with E-state index in [9.17, 15) is 0 Å². The molecule has 1 saturated carbocycles. The van der Waals surface area contributed by atoms with Gasteiger partial charge in [0.25, 0.3) is 0 Å². The van der Waals surface area contributed by atoms with E-state index in [4.69, 9.17) is 0 Å². The molecule has 3 heteroatoms. The minimum absolute atomic E-state index is 0.442. The Morgan fingerprint density at radius 2 is 2.00 bits per heavy atom. The molecule has 0 aromatic heterocycles. The minimum atomic E-state index is 0.442. The summed E-state index contributed by atoms with van der Waals surface area (Å²) in [5.74, 6) is 0. The van der Waals surface area contributed by atoms with Crippen LogP contribution in [0.25, 0.3) is 0 Å². The van der Waals surface area contributed by atoms with Crippen molar-refractivity contribution in [1.29, 1.82) is 0 Å². The molecule has 3 nitrogen and oxygen atoms in total. The van der Waals surface area contributed by atoms with E-state index in [0.717, 1.165) is 6.54 Å². The van der Waals surface area contributed by atoms with Crippen LogP contribution in [0.3, 0.4) is 0 Å². The van der Waals surface area contributed by atoms with Crippen LogP contribution in [0.15, 0.2) is 0 Å². The Labute approximate surface area is 100.0 Å². The molecule has 0 amide bonds. The maximum Gasteiger partial charge on any atom is 0.0328 e. The zero-order chi connectivity index (χ0) is 11.4. The fourth-order valence-electron chi connectivity index (χ4n) is 3.18. The molecule has 16 heavy (non-hydrogen) atoms. The van der Waals surface area contributed by atoms with E-state index in [1.54, 1.807) is 0 Å². The zero-order valence-corrected chi connectivity index (χ0v) is 10.9. The van der Waals surface area contributed by atoms with Crippen molar-refractivity contribution in [2.24, 2.45) is 0 Å². The Kier molecular flexibility index (Phi) is 4.22. The molecule has 1 unspecified atom stereocenters. The number of nitrogens with one attached hydrogen (secondary N) is 2. The molecule has 0 bridgehead atoms. The van der Waals surface area contributed by atoms with Crippen LogP contribution in [-0.4, -0.2) is 50.2 Å². The van der Waals surface area contributed by atoms with Gasteiger partial charge in [-0.25, -0.2) is 0 Å². The monoisotopic (exact) mass is 225 g/mol. The molecule has 0 aromatic rings. The Morgan fingerprint density at radius 3 is 2.56 bits per heavy atom. The van der Waals surface area contributed by atoms with Gasteiger partial charge in [0.05, 0.1) is 0 Å². The third-order valence-electron chi connectivity index (χ3n) is 4.50. The van der Waals surface area contributed by atoms with Crippen LogP contribution in [0.2, 0.25) is 0 Å². The molecule has 1 aliphatic heterocycles. The second-order valence-electron chi connectivity index (χ2n) is 5.75. The molecular formula is C13H27N3. The minimum Gasteiger partial charge on any atom is -0.315 e. The average Bonchev–Trinajstić information content (AvgIpc) is 2.78. The SMILES string of the molecule is CN(C)C1(CNC2CCCNC2)CCCC1. The molecule has 94 valence electrons. The van der Waals surface area contributed by atoms with Gasteiger partial charge >= 0.3 is 0 Å². The lowest BCUT2D eigenvalue weighted by atomic mass is 9.95. The zero-order valence-electron chi connectivity index (χ0n) is 10.9. The first kappa shape index (κ1) is 12.3. The standard InChI is InChI=1S/C13H27N3/c1-16(2)13(7-3-4-8-13)11-15-12-6-5-9-14-10-12/h12,14-15H,3-11H2,1-2H3. The highest BCUT2D eigenvalue weighted by molar-refractivity contribution is 4.95. The molecule has 2 fully saturated rings. The molecule has 2 N–H and O–H groups in total. The highest BCUT2D eigenvalue weighted by Crippen LogP contribution is 2.33. The smallest absolute Gasteiger partial charge is 0.0328 e. The Balaban J connectivity index is 1.81. The van der Waals surface area contributed by atoms with Crippen LogP contribution in [-0.2, 0) is 0 Å². The molecule has 2 aliphatic rings. The summed E-state index contributed by atoms with van der Waals surface area (Å²) in [5.41, 5.74) is 0.442. The second kappa shape index (κ2) is 5.48. The van der Waals surface area contributed by atoms with E-state index < -0.39 is 0 Å². The van der Waals surface area contributed by atoms with Gasteiger partial charge in [-0.05, 0) is 46.3 Å². The van der Waals surface area contributed by atoms with E-state index in [1.165, 1.54) is 51.6 Å². The third-order valence-corrected chi connectivity index (χ3v) is 4.50. The van der Waals surface area contributed by atoms with E-state index in [2.05, 4.69) is 29.6 Å². The van der Waals surface area contributed by atoms with Crippen LogP contribution in [0.1, 0.15) is 38.5 Å². The van der Waals surface area contributed by atoms with Gasteiger partial charge in [-0.15, -0.1) is 0 Å². The van der Waals surface area contributed by atoms with Crippen molar-refractivity contribution in [3.63, 3.8) is 0 Å². The van der Waals surface area contributed by atoms with Crippen LogP contribution in [0, 0.1) is 0 Å². The lowest BCUT2D eigenvalue weighted by Crippen LogP contribution is -2.54. The van der Waals surface area contributed by atoms with Gasteiger partial charge in [0.2, 0.25) is 0 Å². The Hall–Kier alpha value is -0.120. The fraction of sp³-hybridized carbons (Fsp3) is 1.00. The highest BCUT2D eigenvalue weighted by atomic mass is 15.2. The third kappa shape index (κ3) is 2.76. The number of hydrogen-bond donors (Lipinski definition) is 2. The molecule has 1 aliphatic carbocycles. The van der Waals surface area contributed by atoms with Crippen molar-refractivity contribution in [2.75, 3.05) is 33.7 Å². The van der Waals surface area contributed by atoms with Gasteiger partial charge in [-0.3, -0.25) is 0 Å². The van der Waals surface area contributed by atoms with E-state index >= 15 is 0 Å². The molecule has 2 rings (SSSR count). The van der Waals surface area contributed by atoms with E-state index in [-0.39, 0.29) is 0 Å². The van der Waals surface area contributed by atoms with Crippen molar-refractivity contribution in [3.05, 3.63) is 0 Å². The van der Waals surface area contributed by atoms with Crippen molar-refractivity contribution < 1.29 is 0 Å². The predicted molar refractivity (Wildman–Crippen MR) is 68.8 cm³/mol. The quantitative estimate of drug-likeness (QED) is 0.753. The Bertz CT molecular complexity index is 203. The molecule has 1 atom stereocenters. The first-order valence-corrected chi connectivity index (χ1v) is 6.84. The summed E-state index contributed by atoms with van der Waals surface area (Å²) in [6.45, 7) is 3.53. The van der Waals surface area contributed by atoms with Crippen molar-refractivity contribution in [3.8, 4) is 0 Å². The van der Waals surface area contributed by atoms with Crippen LogP contribution >= 0.6 is 0 Å². The number of nitrogens with zero attached hydrogens (tertiary/aromatic N) is 1. The second-order valence-corrected chi connectivity index (χ2v) is 5.75. The van der Waals surface area contributed by atoms with Crippen molar-refractivity contribution in [1.82, 2.24) is 15.5 Å². The number of hydrogen-bond acceptors (Lipinski definition) is 3. The van der Waals surface area contributed by atoms with Gasteiger partial charge in [0.15, 0.2) is 0 Å². The topological polar surface area (TPSA) is 27.3 Å². The summed E-state index contributed by atoms with van der Waals surface area (Å²) in [4.78, 5) is 2.45. The van der Waals surface area contributed by atoms with Gasteiger partial charge in [0.1, 0.15) is 0 Å². The summed E-state index contributed by atoms with van der Waals surface area (Å²) < 4.78 is 0. The van der Waals surface area contributed by atoms with Crippen LogP contribution < -0.4 is 10.6 Å². The maximum atomic E-state index is 3.78. The number of rotatable bonds is 4. The molecular weight excluding hydrogens is 198 g/mol. The van der Waals surface area contributed by atoms with E-state index in [1.807, 2.05) is 0 Å².